The first kappa shape index (κ1) is 21.0. The summed E-state index contributed by atoms with van der Waals surface area (Å²) in [5, 5.41) is 7.09. The highest BCUT2D eigenvalue weighted by Gasteiger charge is 2.40. The van der Waals surface area contributed by atoms with Gasteiger partial charge in [0.25, 0.3) is 0 Å². The van der Waals surface area contributed by atoms with E-state index in [2.05, 4.69) is 15.3 Å². The van der Waals surface area contributed by atoms with Crippen LogP contribution < -0.4 is 10.1 Å². The highest BCUT2D eigenvalue weighted by atomic mass is 35.5. The number of esters is 1. The number of pyridine rings is 1. The summed E-state index contributed by atoms with van der Waals surface area (Å²) < 4.78 is 11.3. The maximum atomic E-state index is 13.1. The van der Waals surface area contributed by atoms with E-state index < -0.39 is 24.0 Å². The zero-order valence-corrected chi connectivity index (χ0v) is 17.8. The molecule has 158 valence electrons. The van der Waals surface area contributed by atoms with Crippen LogP contribution in [0.5, 0.6) is 5.75 Å². The minimum atomic E-state index is -0.861. The maximum Gasteiger partial charge on any atom is 0.341 e. The van der Waals surface area contributed by atoms with E-state index in [9.17, 15) is 9.59 Å². The highest BCUT2D eigenvalue weighted by molar-refractivity contribution is 7.07. The van der Waals surface area contributed by atoms with Gasteiger partial charge in [0.2, 0.25) is 0 Å². The summed E-state index contributed by atoms with van der Waals surface area (Å²) in [4.78, 5) is 33.5. The molecule has 2 amide bonds. The van der Waals surface area contributed by atoms with Crippen LogP contribution in [0.25, 0.3) is 0 Å². The van der Waals surface area contributed by atoms with Crippen molar-refractivity contribution in [3.8, 4) is 5.75 Å². The average molecular weight is 456 g/mol. The largest absolute Gasteiger partial charge is 0.488 e. The number of benzene rings is 1. The van der Waals surface area contributed by atoms with Gasteiger partial charge in [-0.05, 0) is 46.7 Å². The van der Waals surface area contributed by atoms with Gasteiger partial charge < -0.3 is 14.8 Å². The molecule has 3 aromatic rings. The average Bonchev–Trinajstić information content (AvgIpc) is 3.30. The molecule has 2 unspecified atom stereocenters. The fourth-order valence-corrected chi connectivity index (χ4v) is 4.04. The van der Waals surface area contributed by atoms with E-state index in [4.69, 9.17) is 21.1 Å². The molecule has 0 bridgehead atoms. The quantitative estimate of drug-likeness (QED) is 0.532. The van der Waals surface area contributed by atoms with Crippen molar-refractivity contribution >= 4 is 40.6 Å². The standard InChI is InChI=1S/C22H18ClN3O4S/c23-16-4-1-5-17(9-16)29-12-18-19(21(27)30-11-14-6-8-31-13-14)20(26-22(28)25-18)15-3-2-7-24-10-15/h1-10,13,19-20H,11-12H2,(H,26,28). The van der Waals surface area contributed by atoms with Gasteiger partial charge in [0.15, 0.2) is 0 Å². The van der Waals surface area contributed by atoms with Gasteiger partial charge in [-0.1, -0.05) is 23.7 Å². The van der Waals surface area contributed by atoms with Crippen molar-refractivity contribution in [1.29, 1.82) is 0 Å². The molecule has 0 saturated heterocycles. The molecule has 0 aliphatic carbocycles. The molecule has 1 aliphatic rings. The topological polar surface area (TPSA) is 89.9 Å². The van der Waals surface area contributed by atoms with E-state index in [1.165, 1.54) is 11.3 Å². The van der Waals surface area contributed by atoms with Gasteiger partial charge >= 0.3 is 12.0 Å². The number of hydrogen-bond acceptors (Lipinski definition) is 6. The number of nitrogens with one attached hydrogen (secondary N) is 1. The number of halogens is 1. The molecule has 0 saturated carbocycles. The lowest BCUT2D eigenvalue weighted by atomic mass is 9.88. The minimum absolute atomic E-state index is 0.0667. The molecule has 3 heterocycles. The first-order valence-electron chi connectivity index (χ1n) is 9.44. The number of ether oxygens (including phenoxy) is 2. The van der Waals surface area contributed by atoms with E-state index in [0.717, 1.165) is 5.56 Å². The Labute approximate surface area is 187 Å². The first-order valence-corrected chi connectivity index (χ1v) is 10.8. The number of urea groups is 1. The van der Waals surface area contributed by atoms with Crippen molar-refractivity contribution in [3.05, 3.63) is 81.8 Å². The molecule has 1 N–H and O–H groups in total. The van der Waals surface area contributed by atoms with Gasteiger partial charge in [-0.3, -0.25) is 9.78 Å². The number of rotatable bonds is 7. The molecule has 0 fully saturated rings. The van der Waals surface area contributed by atoms with Crippen molar-refractivity contribution in [1.82, 2.24) is 10.3 Å². The Hall–Kier alpha value is -3.23. The highest BCUT2D eigenvalue weighted by Crippen LogP contribution is 2.29. The molecule has 4 rings (SSSR count). The van der Waals surface area contributed by atoms with Crippen LogP contribution in [-0.2, 0) is 16.1 Å². The summed E-state index contributed by atoms with van der Waals surface area (Å²) in [5.74, 6) is -0.863. The molecular weight excluding hydrogens is 438 g/mol. The van der Waals surface area contributed by atoms with E-state index in [-0.39, 0.29) is 18.9 Å². The Balaban J connectivity index is 1.59. The third-order valence-electron chi connectivity index (χ3n) is 4.66. The lowest BCUT2D eigenvalue weighted by molar-refractivity contribution is -0.148. The van der Waals surface area contributed by atoms with Gasteiger partial charge in [-0.25, -0.2) is 4.79 Å². The van der Waals surface area contributed by atoms with E-state index >= 15 is 0 Å². The lowest BCUT2D eigenvalue weighted by Crippen LogP contribution is -2.47. The van der Waals surface area contributed by atoms with Crippen LogP contribution in [0.4, 0.5) is 4.79 Å². The van der Waals surface area contributed by atoms with Crippen molar-refractivity contribution in [2.75, 3.05) is 6.61 Å². The normalized spacial score (nSPS) is 18.1. The molecule has 1 aliphatic heterocycles. The minimum Gasteiger partial charge on any atom is -0.488 e. The van der Waals surface area contributed by atoms with Gasteiger partial charge in [-0.15, -0.1) is 0 Å². The summed E-state index contributed by atoms with van der Waals surface area (Å²) in [5.41, 5.74) is 1.83. The second-order valence-corrected chi connectivity index (χ2v) is 8.00. The second-order valence-electron chi connectivity index (χ2n) is 6.78. The molecule has 0 radical (unpaired) electrons. The Morgan fingerprint density at radius 3 is 2.84 bits per heavy atom. The number of aromatic nitrogens is 1. The van der Waals surface area contributed by atoms with E-state index in [1.54, 1.807) is 48.8 Å². The Morgan fingerprint density at radius 2 is 2.10 bits per heavy atom. The van der Waals surface area contributed by atoms with Crippen molar-refractivity contribution in [2.45, 2.75) is 12.6 Å². The van der Waals surface area contributed by atoms with Gasteiger partial charge in [-0.2, -0.15) is 16.3 Å². The fourth-order valence-electron chi connectivity index (χ4n) is 3.20. The number of hydrogen-bond donors (Lipinski definition) is 1. The Kier molecular flexibility index (Phi) is 6.59. The third-order valence-corrected chi connectivity index (χ3v) is 5.63. The SMILES string of the molecule is O=C1N=C(COc2cccc(Cl)c2)C(C(=O)OCc2ccsc2)C(c2cccnc2)N1. The van der Waals surface area contributed by atoms with E-state index in [1.807, 2.05) is 16.8 Å². The first-order chi connectivity index (χ1) is 15.1. The van der Waals surface area contributed by atoms with Gasteiger partial charge in [0, 0.05) is 23.0 Å². The molecule has 2 aromatic heterocycles. The summed E-state index contributed by atoms with van der Waals surface area (Å²) in [6.07, 6.45) is 3.22. The molecule has 31 heavy (non-hydrogen) atoms. The molecular formula is C22H18ClN3O4S. The zero-order valence-electron chi connectivity index (χ0n) is 16.2. The van der Waals surface area contributed by atoms with Crippen LogP contribution in [0.3, 0.4) is 0 Å². The molecule has 2 atom stereocenters. The van der Waals surface area contributed by atoms with Crippen LogP contribution in [0.1, 0.15) is 17.2 Å². The van der Waals surface area contributed by atoms with Crippen molar-refractivity contribution < 1.29 is 19.1 Å². The number of thiophene rings is 1. The van der Waals surface area contributed by atoms with Crippen LogP contribution in [-0.4, -0.2) is 29.3 Å². The van der Waals surface area contributed by atoms with Gasteiger partial charge in [0.1, 0.15) is 24.9 Å². The Morgan fingerprint density at radius 1 is 1.19 bits per heavy atom. The predicted octanol–water partition coefficient (Wildman–Crippen LogP) is 4.44. The van der Waals surface area contributed by atoms with Crippen molar-refractivity contribution in [2.24, 2.45) is 10.9 Å². The lowest BCUT2D eigenvalue weighted by Gasteiger charge is -2.30. The zero-order chi connectivity index (χ0) is 21.6. The number of nitrogens with zero attached hydrogens (tertiary/aromatic N) is 2. The van der Waals surface area contributed by atoms with Crippen LogP contribution in [0, 0.1) is 5.92 Å². The number of carbonyl (C=O) groups is 2. The molecule has 1 aromatic carbocycles. The smallest absolute Gasteiger partial charge is 0.341 e. The number of aliphatic imine (C=N–C) groups is 1. The fraction of sp³-hybridized carbons (Fsp3) is 0.182. The summed E-state index contributed by atoms with van der Waals surface area (Å²) in [6, 6.07) is 11.0. The molecule has 7 nitrogen and oxygen atoms in total. The second kappa shape index (κ2) is 9.72. The summed E-state index contributed by atoms with van der Waals surface area (Å²) >= 11 is 7.53. The monoisotopic (exact) mass is 455 g/mol. The van der Waals surface area contributed by atoms with Crippen LogP contribution in [0.15, 0.2) is 70.6 Å². The number of carbonyl (C=O) groups excluding carboxylic acids is 2. The number of amides is 2. The van der Waals surface area contributed by atoms with E-state index in [0.29, 0.717) is 16.3 Å². The summed E-state index contributed by atoms with van der Waals surface area (Å²) in [7, 11) is 0. The molecule has 0 spiro atoms. The molecule has 9 heteroatoms. The van der Waals surface area contributed by atoms with Crippen molar-refractivity contribution in [3.63, 3.8) is 0 Å². The van der Waals surface area contributed by atoms with Crippen LogP contribution in [0.2, 0.25) is 5.02 Å². The summed E-state index contributed by atoms with van der Waals surface area (Å²) in [6.45, 7) is 0.0672. The van der Waals surface area contributed by atoms with Crippen LogP contribution >= 0.6 is 22.9 Å². The third kappa shape index (κ3) is 5.28. The maximum absolute atomic E-state index is 13.1. The predicted molar refractivity (Wildman–Crippen MR) is 117 cm³/mol. The van der Waals surface area contributed by atoms with Gasteiger partial charge in [0.05, 0.1) is 11.8 Å². The Bertz CT molecular complexity index is 1090.